The summed E-state index contributed by atoms with van der Waals surface area (Å²) < 4.78 is 38.8. The molecule has 11 heteroatoms. The van der Waals surface area contributed by atoms with Gasteiger partial charge in [0.2, 0.25) is 6.41 Å². The zero-order valence-electron chi connectivity index (χ0n) is 11.1. The van der Waals surface area contributed by atoms with Crippen LogP contribution in [0.25, 0.3) is 0 Å². The van der Waals surface area contributed by atoms with E-state index >= 15 is 0 Å². The number of halogens is 3. The Kier molecular flexibility index (Phi) is 4.45. The first-order chi connectivity index (χ1) is 10.3. The van der Waals surface area contributed by atoms with Crippen LogP contribution in [0, 0.1) is 0 Å². The molecular formula is C11H10F3N5O2S. The third-order valence-corrected chi connectivity index (χ3v) is 3.56. The average Bonchev–Trinajstić information content (AvgIpc) is 3.07. The van der Waals surface area contributed by atoms with Crippen molar-refractivity contribution < 1.29 is 18.0 Å². The highest BCUT2D eigenvalue weighted by Crippen LogP contribution is 2.28. The van der Waals surface area contributed by atoms with Crippen molar-refractivity contribution in [2.45, 2.75) is 19.1 Å². The third-order valence-electron chi connectivity index (χ3n) is 2.71. The van der Waals surface area contributed by atoms with Crippen LogP contribution in [0.15, 0.2) is 28.4 Å². The Morgan fingerprint density at radius 1 is 1.59 bits per heavy atom. The normalized spacial score (nSPS) is 13.9. The minimum Gasteiger partial charge on any atom is -0.319 e. The number of hydrogen-bond donors (Lipinski definition) is 2. The molecule has 0 radical (unpaired) electrons. The van der Waals surface area contributed by atoms with Crippen molar-refractivity contribution in [2.24, 2.45) is 5.10 Å². The summed E-state index contributed by atoms with van der Waals surface area (Å²) in [5.41, 5.74) is 1.24. The predicted molar refractivity (Wildman–Crippen MR) is 72.6 cm³/mol. The summed E-state index contributed by atoms with van der Waals surface area (Å²) in [7, 11) is 0. The predicted octanol–water partition coefficient (Wildman–Crippen LogP) is 1.36. The number of amides is 1. The van der Waals surface area contributed by atoms with E-state index in [1.807, 2.05) is 0 Å². The monoisotopic (exact) mass is 333 g/mol. The number of H-pyrrole nitrogens is 1. The highest BCUT2D eigenvalue weighted by atomic mass is 32.1. The molecule has 0 saturated heterocycles. The van der Waals surface area contributed by atoms with Crippen molar-refractivity contribution in [3.05, 3.63) is 38.7 Å². The number of thiazole rings is 1. The highest BCUT2D eigenvalue weighted by molar-refractivity contribution is 7.11. The van der Waals surface area contributed by atoms with Gasteiger partial charge in [-0.2, -0.15) is 23.4 Å². The Morgan fingerprint density at radius 3 is 2.82 bits per heavy atom. The third kappa shape index (κ3) is 3.42. The van der Waals surface area contributed by atoms with Gasteiger partial charge in [-0.3, -0.25) is 14.3 Å². The van der Waals surface area contributed by atoms with Gasteiger partial charge in [-0.25, -0.2) is 5.43 Å². The van der Waals surface area contributed by atoms with Crippen molar-refractivity contribution in [3.63, 3.8) is 0 Å². The van der Waals surface area contributed by atoms with E-state index in [-0.39, 0.29) is 10.6 Å². The molecule has 118 valence electrons. The number of alkyl halides is 3. The van der Waals surface area contributed by atoms with Crippen molar-refractivity contribution in [2.75, 3.05) is 0 Å². The molecule has 2 aromatic rings. The van der Waals surface area contributed by atoms with Crippen LogP contribution >= 0.6 is 11.3 Å². The molecule has 0 bridgehead atoms. The first-order valence-electron chi connectivity index (χ1n) is 5.91. The molecule has 2 N–H and O–H groups in total. The number of nitrogens with one attached hydrogen (secondary N) is 2. The van der Waals surface area contributed by atoms with E-state index < -0.39 is 17.9 Å². The molecule has 2 rings (SSSR count). The van der Waals surface area contributed by atoms with E-state index in [1.54, 1.807) is 6.92 Å². The molecule has 0 aliphatic heterocycles. The molecule has 1 amide bonds. The molecule has 0 fully saturated rings. The molecule has 0 spiro atoms. The van der Waals surface area contributed by atoms with E-state index in [9.17, 15) is 22.8 Å². The lowest BCUT2D eigenvalue weighted by molar-refractivity contribution is -0.141. The number of rotatable bonds is 5. The Balaban J connectivity index is 2.37. The summed E-state index contributed by atoms with van der Waals surface area (Å²) in [6, 6.07) is 0.107. The van der Waals surface area contributed by atoms with Crippen LogP contribution in [0.1, 0.15) is 23.5 Å². The fourth-order valence-corrected chi connectivity index (χ4v) is 2.45. The summed E-state index contributed by atoms with van der Waals surface area (Å²) in [6.07, 6.45) is -1.73. The summed E-state index contributed by atoms with van der Waals surface area (Å²) in [5, 5.41) is 7.24. The molecule has 0 saturated carbocycles. The SMILES string of the molecule is CC(C(=NNC=O)c1c[nH]c(=O)s1)n1ccc(C(F)(F)F)n1. The van der Waals surface area contributed by atoms with Gasteiger partial charge < -0.3 is 4.98 Å². The van der Waals surface area contributed by atoms with Crippen molar-refractivity contribution >= 4 is 23.5 Å². The van der Waals surface area contributed by atoms with Gasteiger partial charge in [-0.15, -0.1) is 0 Å². The van der Waals surface area contributed by atoms with Crippen LogP contribution in [0.5, 0.6) is 0 Å². The van der Waals surface area contributed by atoms with E-state index in [0.717, 1.165) is 28.3 Å². The summed E-state index contributed by atoms with van der Waals surface area (Å²) in [6.45, 7) is 1.54. The summed E-state index contributed by atoms with van der Waals surface area (Å²) in [4.78, 5) is 24.0. The fourth-order valence-electron chi connectivity index (χ4n) is 1.69. The first-order valence-corrected chi connectivity index (χ1v) is 6.72. The van der Waals surface area contributed by atoms with Crippen LogP contribution in [0.4, 0.5) is 13.2 Å². The van der Waals surface area contributed by atoms with Gasteiger partial charge >= 0.3 is 11.0 Å². The summed E-state index contributed by atoms with van der Waals surface area (Å²) in [5.74, 6) is 0. The maximum Gasteiger partial charge on any atom is 0.435 e. The molecule has 0 aliphatic rings. The number of carbonyl (C=O) groups is 1. The minimum absolute atomic E-state index is 0.201. The van der Waals surface area contributed by atoms with Gasteiger partial charge in [-0.1, -0.05) is 11.3 Å². The second-order valence-electron chi connectivity index (χ2n) is 4.14. The van der Waals surface area contributed by atoms with Crippen molar-refractivity contribution in [1.29, 1.82) is 0 Å². The van der Waals surface area contributed by atoms with Gasteiger partial charge in [-0.05, 0) is 13.0 Å². The lowest BCUT2D eigenvalue weighted by atomic mass is 10.2. The first kappa shape index (κ1) is 15.9. The van der Waals surface area contributed by atoms with Crippen molar-refractivity contribution in [3.8, 4) is 0 Å². The zero-order chi connectivity index (χ0) is 16.3. The molecule has 1 unspecified atom stereocenters. The molecule has 0 aliphatic carbocycles. The van der Waals surface area contributed by atoms with E-state index in [0.29, 0.717) is 11.3 Å². The van der Waals surface area contributed by atoms with Crippen LogP contribution in [-0.4, -0.2) is 26.9 Å². The lowest BCUT2D eigenvalue weighted by Gasteiger charge is -2.13. The number of nitrogens with zero attached hydrogens (tertiary/aromatic N) is 3. The molecule has 1 atom stereocenters. The lowest BCUT2D eigenvalue weighted by Crippen LogP contribution is -2.21. The maximum absolute atomic E-state index is 12.6. The molecule has 0 aromatic carbocycles. The Bertz CT molecular complexity index is 745. The Labute approximate surface area is 125 Å². The summed E-state index contributed by atoms with van der Waals surface area (Å²) >= 11 is 0.820. The zero-order valence-corrected chi connectivity index (χ0v) is 11.9. The van der Waals surface area contributed by atoms with E-state index in [1.165, 1.54) is 6.20 Å². The minimum atomic E-state index is -4.55. The van der Waals surface area contributed by atoms with Gasteiger partial charge in [0, 0.05) is 12.4 Å². The van der Waals surface area contributed by atoms with Crippen LogP contribution in [-0.2, 0) is 11.0 Å². The Morgan fingerprint density at radius 2 is 2.32 bits per heavy atom. The number of aromatic amines is 1. The number of aromatic nitrogens is 3. The van der Waals surface area contributed by atoms with E-state index in [4.69, 9.17) is 0 Å². The van der Waals surface area contributed by atoms with Gasteiger partial charge in [0.05, 0.1) is 10.9 Å². The van der Waals surface area contributed by atoms with Gasteiger partial charge in [0.25, 0.3) is 0 Å². The van der Waals surface area contributed by atoms with E-state index in [2.05, 4.69) is 20.6 Å². The molecule has 22 heavy (non-hydrogen) atoms. The molecule has 7 nitrogen and oxygen atoms in total. The topological polar surface area (TPSA) is 92.1 Å². The Hall–Kier alpha value is -2.43. The van der Waals surface area contributed by atoms with Crippen LogP contribution in [0.2, 0.25) is 0 Å². The van der Waals surface area contributed by atoms with Crippen molar-refractivity contribution in [1.82, 2.24) is 20.2 Å². The van der Waals surface area contributed by atoms with Gasteiger partial charge in [0.1, 0.15) is 5.71 Å². The average molecular weight is 333 g/mol. The number of hydrazone groups is 1. The second kappa shape index (κ2) is 6.13. The maximum atomic E-state index is 12.6. The standard InChI is InChI=1S/C11H10F3N5O2S/c1-6(19-3-2-8(18-19)11(12,13)14)9(17-16-5-20)7-4-15-10(21)22-7/h2-6H,1H3,(H,15,21)(H,16,20). The molecule has 2 aromatic heterocycles. The molecular weight excluding hydrogens is 323 g/mol. The number of carbonyl (C=O) groups excluding carboxylic acids is 1. The highest BCUT2D eigenvalue weighted by Gasteiger charge is 2.34. The van der Waals surface area contributed by atoms with Crippen LogP contribution < -0.4 is 10.3 Å². The fraction of sp³-hybridized carbons (Fsp3) is 0.273. The molecule has 2 heterocycles. The van der Waals surface area contributed by atoms with Crippen LogP contribution in [0.3, 0.4) is 0 Å². The quantitative estimate of drug-likeness (QED) is 0.492. The smallest absolute Gasteiger partial charge is 0.319 e. The second-order valence-corrected chi connectivity index (χ2v) is 5.16. The van der Waals surface area contributed by atoms with Gasteiger partial charge in [0.15, 0.2) is 5.69 Å². The number of hydrogen-bond acceptors (Lipinski definition) is 5. The largest absolute Gasteiger partial charge is 0.435 e.